The van der Waals surface area contributed by atoms with E-state index in [1.54, 1.807) is 12.1 Å². The van der Waals surface area contributed by atoms with Crippen LogP contribution in [0.1, 0.15) is 5.56 Å². The first-order valence-electron chi connectivity index (χ1n) is 9.81. The van der Waals surface area contributed by atoms with Crippen LogP contribution in [-0.4, -0.2) is 55.1 Å². The molecule has 1 amide bonds. The molecular formula is C21H22N4O4. The molecule has 3 heterocycles. The zero-order chi connectivity index (χ0) is 19.8. The van der Waals surface area contributed by atoms with E-state index in [4.69, 9.17) is 9.15 Å². The van der Waals surface area contributed by atoms with Gasteiger partial charge in [-0.05, 0) is 35.9 Å². The van der Waals surface area contributed by atoms with Crippen LogP contribution >= 0.6 is 0 Å². The summed E-state index contributed by atoms with van der Waals surface area (Å²) in [7, 11) is 0. The van der Waals surface area contributed by atoms with Crippen LogP contribution in [-0.2, 0) is 11.2 Å². The van der Waals surface area contributed by atoms with Gasteiger partial charge in [-0.15, -0.1) is 0 Å². The highest BCUT2D eigenvalue weighted by molar-refractivity contribution is 5.83. The van der Waals surface area contributed by atoms with Gasteiger partial charge >= 0.3 is 5.76 Å². The Morgan fingerprint density at radius 3 is 2.83 bits per heavy atom. The number of amides is 1. The molecule has 0 atom stereocenters. The lowest BCUT2D eigenvalue weighted by Crippen LogP contribution is -2.50. The van der Waals surface area contributed by atoms with Crippen molar-refractivity contribution in [2.75, 3.05) is 49.5 Å². The molecule has 0 aliphatic carbocycles. The van der Waals surface area contributed by atoms with E-state index in [0.29, 0.717) is 24.2 Å². The molecule has 2 N–H and O–H groups in total. The third kappa shape index (κ3) is 3.53. The highest BCUT2D eigenvalue weighted by Gasteiger charge is 2.22. The average molecular weight is 394 g/mol. The average Bonchev–Trinajstić information content (AvgIpc) is 3.36. The van der Waals surface area contributed by atoms with Gasteiger partial charge in [0.1, 0.15) is 5.75 Å². The van der Waals surface area contributed by atoms with E-state index in [2.05, 4.69) is 27.3 Å². The summed E-state index contributed by atoms with van der Waals surface area (Å²) in [4.78, 5) is 30.6. The van der Waals surface area contributed by atoms with Crippen LogP contribution in [0.3, 0.4) is 0 Å². The number of aromatic nitrogens is 1. The molecule has 8 heteroatoms. The van der Waals surface area contributed by atoms with E-state index in [-0.39, 0.29) is 12.5 Å². The van der Waals surface area contributed by atoms with Gasteiger partial charge in [-0.1, -0.05) is 0 Å². The molecule has 0 radical (unpaired) electrons. The molecule has 1 saturated heterocycles. The number of oxazole rings is 1. The molecule has 2 aliphatic heterocycles. The number of carbonyl (C=O) groups excluding carboxylic acids is 1. The highest BCUT2D eigenvalue weighted by atomic mass is 16.5. The van der Waals surface area contributed by atoms with Crippen LogP contribution in [0.15, 0.2) is 45.6 Å². The largest absolute Gasteiger partial charge is 0.493 e. The number of piperazine rings is 1. The number of ether oxygens (including phenoxy) is 1. The van der Waals surface area contributed by atoms with Crippen LogP contribution in [0.5, 0.6) is 5.75 Å². The summed E-state index contributed by atoms with van der Waals surface area (Å²) in [6.45, 7) is 3.98. The third-order valence-corrected chi connectivity index (χ3v) is 5.54. The first-order valence-corrected chi connectivity index (χ1v) is 9.81. The number of benzene rings is 2. The topological polar surface area (TPSA) is 90.8 Å². The van der Waals surface area contributed by atoms with Crippen molar-refractivity contribution in [2.45, 2.75) is 6.42 Å². The van der Waals surface area contributed by atoms with Crippen molar-refractivity contribution < 1.29 is 13.9 Å². The van der Waals surface area contributed by atoms with Gasteiger partial charge in [0.2, 0.25) is 5.91 Å². The number of H-pyrrole nitrogens is 1. The van der Waals surface area contributed by atoms with Gasteiger partial charge in [0.05, 0.1) is 18.7 Å². The second-order valence-electron chi connectivity index (χ2n) is 7.34. The maximum atomic E-state index is 12.6. The van der Waals surface area contributed by atoms with Crippen LogP contribution in [0.2, 0.25) is 0 Å². The van der Waals surface area contributed by atoms with Crippen molar-refractivity contribution in [1.82, 2.24) is 9.88 Å². The van der Waals surface area contributed by atoms with Crippen molar-refractivity contribution in [3.05, 3.63) is 52.5 Å². The van der Waals surface area contributed by atoms with E-state index in [1.165, 1.54) is 11.3 Å². The van der Waals surface area contributed by atoms with E-state index in [0.717, 1.165) is 37.6 Å². The van der Waals surface area contributed by atoms with Gasteiger partial charge in [-0.25, -0.2) is 4.79 Å². The molecule has 0 unspecified atom stereocenters. The van der Waals surface area contributed by atoms with Crippen molar-refractivity contribution in [1.29, 1.82) is 0 Å². The van der Waals surface area contributed by atoms with Crippen molar-refractivity contribution in [3.8, 4) is 5.75 Å². The molecule has 0 spiro atoms. The molecule has 2 aromatic carbocycles. The van der Waals surface area contributed by atoms with E-state index in [9.17, 15) is 9.59 Å². The van der Waals surface area contributed by atoms with Gasteiger partial charge in [-0.3, -0.25) is 9.78 Å². The smallest absolute Gasteiger partial charge is 0.417 e. The first kappa shape index (κ1) is 17.7. The zero-order valence-electron chi connectivity index (χ0n) is 15.9. The Morgan fingerprint density at radius 2 is 1.97 bits per heavy atom. The quantitative estimate of drug-likeness (QED) is 0.702. The van der Waals surface area contributed by atoms with E-state index in [1.807, 2.05) is 17.0 Å². The van der Waals surface area contributed by atoms with Crippen LogP contribution in [0.25, 0.3) is 11.1 Å². The molecule has 2 aliphatic rings. The monoisotopic (exact) mass is 394 g/mol. The fourth-order valence-electron chi connectivity index (χ4n) is 3.93. The second-order valence-corrected chi connectivity index (χ2v) is 7.34. The van der Waals surface area contributed by atoms with Crippen molar-refractivity contribution in [3.63, 3.8) is 0 Å². The van der Waals surface area contributed by atoms with Gasteiger partial charge in [0, 0.05) is 50.0 Å². The van der Waals surface area contributed by atoms with Crippen LogP contribution in [0, 0.1) is 0 Å². The fraction of sp³-hybridized carbons (Fsp3) is 0.333. The molecule has 1 aromatic heterocycles. The molecule has 8 nitrogen and oxygen atoms in total. The summed E-state index contributed by atoms with van der Waals surface area (Å²) in [5.41, 5.74) is 4.32. The Kier molecular flexibility index (Phi) is 4.38. The summed E-state index contributed by atoms with van der Waals surface area (Å²) in [6, 6.07) is 11.6. The minimum atomic E-state index is -0.484. The summed E-state index contributed by atoms with van der Waals surface area (Å²) in [5, 5.41) is 3.12. The number of rotatable bonds is 4. The number of hydrogen-bond donors (Lipinski definition) is 2. The molecule has 150 valence electrons. The number of hydrogen-bond acceptors (Lipinski definition) is 6. The number of fused-ring (bicyclic) bond motifs is 2. The van der Waals surface area contributed by atoms with Crippen molar-refractivity contribution >= 4 is 28.4 Å². The fourth-order valence-corrected chi connectivity index (χ4v) is 3.93. The van der Waals surface area contributed by atoms with Crippen LogP contribution in [0.4, 0.5) is 11.4 Å². The summed E-state index contributed by atoms with van der Waals surface area (Å²) in [5.74, 6) is 0.565. The molecule has 1 fully saturated rings. The predicted octanol–water partition coefficient (Wildman–Crippen LogP) is 1.82. The lowest BCUT2D eigenvalue weighted by molar-refractivity contribution is -0.129. The lowest BCUT2D eigenvalue weighted by atomic mass is 10.1. The Balaban J connectivity index is 1.16. The minimum absolute atomic E-state index is 0.0580. The number of aromatic amines is 1. The maximum Gasteiger partial charge on any atom is 0.417 e. The molecule has 5 rings (SSSR count). The maximum absolute atomic E-state index is 12.6. The summed E-state index contributed by atoms with van der Waals surface area (Å²) >= 11 is 0. The molecule has 3 aromatic rings. The normalized spacial score (nSPS) is 16.0. The molecular weight excluding hydrogens is 372 g/mol. The van der Waals surface area contributed by atoms with Crippen molar-refractivity contribution in [2.24, 2.45) is 0 Å². The van der Waals surface area contributed by atoms with Crippen LogP contribution < -0.4 is 20.7 Å². The molecule has 0 bridgehead atoms. The zero-order valence-corrected chi connectivity index (χ0v) is 15.9. The summed E-state index contributed by atoms with van der Waals surface area (Å²) in [6.07, 6.45) is 0.964. The second kappa shape index (κ2) is 7.20. The molecule has 29 heavy (non-hydrogen) atoms. The predicted molar refractivity (Wildman–Crippen MR) is 110 cm³/mol. The number of nitrogens with one attached hydrogen (secondary N) is 2. The minimum Gasteiger partial charge on any atom is -0.493 e. The lowest BCUT2D eigenvalue weighted by Gasteiger charge is -2.36. The Morgan fingerprint density at radius 1 is 1.10 bits per heavy atom. The Hall–Kier alpha value is -3.42. The Labute approximate surface area is 167 Å². The third-order valence-electron chi connectivity index (χ3n) is 5.54. The number of nitrogens with zero attached hydrogens (tertiary/aromatic N) is 2. The van der Waals surface area contributed by atoms with Gasteiger partial charge in [0.15, 0.2) is 5.58 Å². The molecule has 0 saturated carbocycles. The van der Waals surface area contributed by atoms with Gasteiger partial charge < -0.3 is 24.3 Å². The highest BCUT2D eigenvalue weighted by Crippen LogP contribution is 2.30. The van der Waals surface area contributed by atoms with Gasteiger partial charge in [-0.2, -0.15) is 0 Å². The first-order chi connectivity index (χ1) is 14.2. The summed E-state index contributed by atoms with van der Waals surface area (Å²) < 4.78 is 10.6. The van der Waals surface area contributed by atoms with E-state index < -0.39 is 5.76 Å². The SMILES string of the molecule is O=C(CNc1ccc2[nH]c(=O)oc2c1)N1CCN(c2ccc3c(c2)CCO3)CC1. The number of carbonyl (C=O) groups is 1. The standard InChI is InChI=1S/C21H22N4O4/c26-20(13-22-15-1-3-17-19(12-15)29-21(27)23-17)25-8-6-24(7-9-25)16-2-4-18-14(11-16)5-10-28-18/h1-4,11-12,22H,5-10,13H2,(H,23,27). The van der Waals surface area contributed by atoms with Gasteiger partial charge in [0.25, 0.3) is 0 Å². The Bertz CT molecular complexity index is 1110. The van der Waals surface area contributed by atoms with E-state index >= 15 is 0 Å². The number of anilines is 2.